The Labute approximate surface area is 239 Å². The van der Waals surface area contributed by atoms with Crippen LogP contribution in [0.15, 0.2) is 60.7 Å². The number of likely N-dealkylation sites (tertiary alicyclic amines) is 1. The molecule has 1 heterocycles. The maximum atomic E-state index is 13.9. The zero-order valence-corrected chi connectivity index (χ0v) is 23.3. The summed E-state index contributed by atoms with van der Waals surface area (Å²) in [6.07, 6.45) is 0.616. The van der Waals surface area contributed by atoms with Gasteiger partial charge in [-0.1, -0.05) is 12.1 Å². The molecule has 4 rings (SSSR count). The van der Waals surface area contributed by atoms with Gasteiger partial charge in [0, 0.05) is 41.4 Å². The van der Waals surface area contributed by atoms with E-state index in [4.69, 9.17) is 0 Å². The fourth-order valence-electron chi connectivity index (χ4n) is 4.61. The van der Waals surface area contributed by atoms with Gasteiger partial charge in [0.15, 0.2) is 0 Å². The van der Waals surface area contributed by atoms with Gasteiger partial charge in [0.2, 0.25) is 0 Å². The molecule has 206 valence electrons. The van der Waals surface area contributed by atoms with E-state index in [1.807, 2.05) is 24.3 Å². The number of nitrogens with zero attached hydrogens (tertiary/aromatic N) is 1. The van der Waals surface area contributed by atoms with Gasteiger partial charge < -0.3 is 25.7 Å². The number of hydrogen-bond donors (Lipinski definition) is 4. The van der Waals surface area contributed by atoms with E-state index in [1.54, 1.807) is 4.90 Å². The van der Waals surface area contributed by atoms with Crippen molar-refractivity contribution in [2.45, 2.75) is 38.0 Å². The topological polar surface area (TPSA) is 102 Å². The number of rotatable bonds is 10. The minimum absolute atomic E-state index is 0.0213. The lowest BCUT2D eigenvalue weighted by atomic mass is 9.99. The number of aliphatic hydroxyl groups excluding tert-OH is 1. The maximum absolute atomic E-state index is 13.9. The summed E-state index contributed by atoms with van der Waals surface area (Å²) in [6.45, 7) is 1.75. The number of aliphatic hydroxyl groups is 1. The smallest absolute Gasteiger partial charge is 0.257 e. The van der Waals surface area contributed by atoms with Crippen LogP contribution in [0.5, 0.6) is 5.75 Å². The standard InChI is InChI=1S/C29H30F2IN3O4/c30-21-10-19(11-22(31)15-21)13-25(27(37)17-33-16-18-4-3-5-23(32)12-18)34-28(38)20-6-7-26(36)24(14-20)29(39)35-8-1-2-9-35/h3-7,10-12,14-15,25,27,33,36-37H,1-2,8-9,13,16-17H2,(H,34,38)/t25-,27+/m0/s1. The molecule has 3 aromatic carbocycles. The van der Waals surface area contributed by atoms with Gasteiger partial charge in [-0.15, -0.1) is 0 Å². The van der Waals surface area contributed by atoms with Gasteiger partial charge >= 0.3 is 0 Å². The Bertz CT molecular complexity index is 1310. The van der Waals surface area contributed by atoms with Gasteiger partial charge in [-0.2, -0.15) is 0 Å². The molecule has 3 aromatic rings. The second-order valence-corrected chi connectivity index (χ2v) is 10.9. The second kappa shape index (κ2) is 13.3. The van der Waals surface area contributed by atoms with Crippen LogP contribution in [0.25, 0.3) is 0 Å². The van der Waals surface area contributed by atoms with Crippen molar-refractivity contribution in [1.82, 2.24) is 15.5 Å². The molecule has 39 heavy (non-hydrogen) atoms. The number of carbonyl (C=O) groups excluding carboxylic acids is 2. The zero-order chi connectivity index (χ0) is 27.9. The van der Waals surface area contributed by atoms with Crippen molar-refractivity contribution in [2.24, 2.45) is 0 Å². The molecule has 2 atom stereocenters. The van der Waals surface area contributed by atoms with Gasteiger partial charge in [-0.05, 0) is 95.4 Å². The van der Waals surface area contributed by atoms with Gasteiger partial charge in [0.25, 0.3) is 11.8 Å². The zero-order valence-electron chi connectivity index (χ0n) is 21.2. The second-order valence-electron chi connectivity index (χ2n) is 9.62. The normalized spacial score (nSPS) is 14.7. The number of aromatic hydroxyl groups is 1. The van der Waals surface area contributed by atoms with E-state index in [-0.39, 0.29) is 41.3 Å². The quantitative estimate of drug-likeness (QED) is 0.249. The lowest BCUT2D eigenvalue weighted by molar-refractivity contribution is 0.0789. The molecule has 0 saturated carbocycles. The molecule has 1 aliphatic rings. The Hall–Kier alpha value is -3.09. The van der Waals surface area contributed by atoms with Crippen molar-refractivity contribution in [3.8, 4) is 5.75 Å². The van der Waals surface area contributed by atoms with Crippen LogP contribution in [-0.4, -0.2) is 58.7 Å². The van der Waals surface area contributed by atoms with Gasteiger partial charge in [-0.25, -0.2) is 8.78 Å². The van der Waals surface area contributed by atoms with E-state index in [0.29, 0.717) is 19.6 Å². The first-order valence-corrected chi connectivity index (χ1v) is 13.8. The number of benzene rings is 3. The minimum Gasteiger partial charge on any atom is -0.507 e. The highest BCUT2D eigenvalue weighted by Crippen LogP contribution is 2.23. The van der Waals surface area contributed by atoms with Crippen molar-refractivity contribution in [2.75, 3.05) is 19.6 Å². The summed E-state index contributed by atoms with van der Waals surface area (Å²) in [5.74, 6) is -2.69. The fourth-order valence-corrected chi connectivity index (χ4v) is 5.22. The number of nitrogens with one attached hydrogen (secondary N) is 2. The van der Waals surface area contributed by atoms with Crippen molar-refractivity contribution < 1.29 is 28.6 Å². The van der Waals surface area contributed by atoms with Crippen LogP contribution in [0.4, 0.5) is 8.78 Å². The fraction of sp³-hybridized carbons (Fsp3) is 0.310. The van der Waals surface area contributed by atoms with Gasteiger partial charge in [-0.3, -0.25) is 9.59 Å². The molecule has 0 aromatic heterocycles. The molecule has 0 spiro atoms. The summed E-state index contributed by atoms with van der Waals surface area (Å²) < 4.78 is 28.8. The lowest BCUT2D eigenvalue weighted by Gasteiger charge is -2.25. The number of hydrogen-bond acceptors (Lipinski definition) is 5. The molecule has 0 unspecified atom stereocenters. The average Bonchev–Trinajstić information content (AvgIpc) is 3.43. The van der Waals surface area contributed by atoms with Crippen LogP contribution in [0.2, 0.25) is 0 Å². The van der Waals surface area contributed by atoms with E-state index in [1.165, 1.54) is 18.2 Å². The van der Waals surface area contributed by atoms with Crippen LogP contribution >= 0.6 is 22.6 Å². The van der Waals surface area contributed by atoms with E-state index in [9.17, 15) is 28.6 Å². The summed E-state index contributed by atoms with van der Waals surface area (Å²) in [6, 6.07) is 14.0. The molecule has 2 amide bonds. The first-order chi connectivity index (χ1) is 18.7. The molecule has 0 aliphatic carbocycles. The molecule has 10 heteroatoms. The van der Waals surface area contributed by atoms with Crippen LogP contribution in [0.3, 0.4) is 0 Å². The molecule has 1 aliphatic heterocycles. The van der Waals surface area contributed by atoms with E-state index >= 15 is 0 Å². The highest BCUT2D eigenvalue weighted by atomic mass is 127. The average molecular weight is 649 g/mol. The summed E-state index contributed by atoms with van der Waals surface area (Å²) in [4.78, 5) is 27.7. The maximum Gasteiger partial charge on any atom is 0.257 e. The van der Waals surface area contributed by atoms with Gasteiger partial charge in [0.05, 0.1) is 17.7 Å². The first-order valence-electron chi connectivity index (χ1n) is 12.7. The molecule has 1 saturated heterocycles. The van der Waals surface area contributed by atoms with Crippen LogP contribution in [0.1, 0.15) is 44.7 Å². The molecule has 4 N–H and O–H groups in total. The molecule has 1 fully saturated rings. The van der Waals surface area contributed by atoms with Crippen LogP contribution < -0.4 is 10.6 Å². The number of amides is 2. The summed E-state index contributed by atoms with van der Waals surface area (Å²) in [5.41, 5.74) is 1.42. The van der Waals surface area contributed by atoms with Gasteiger partial charge in [0.1, 0.15) is 17.4 Å². The van der Waals surface area contributed by atoms with Crippen molar-refractivity contribution in [3.63, 3.8) is 0 Å². The van der Waals surface area contributed by atoms with Crippen molar-refractivity contribution in [3.05, 3.63) is 98.1 Å². The Kier molecular flexibility index (Phi) is 9.87. The number of phenols is 1. The molecule has 0 bridgehead atoms. The summed E-state index contributed by atoms with van der Waals surface area (Å²) in [7, 11) is 0. The largest absolute Gasteiger partial charge is 0.507 e. The Morgan fingerprint density at radius 1 is 0.974 bits per heavy atom. The number of carbonyl (C=O) groups is 2. The first kappa shape index (κ1) is 28.9. The number of halogens is 3. The Morgan fingerprint density at radius 3 is 2.38 bits per heavy atom. The highest BCUT2D eigenvalue weighted by Gasteiger charge is 2.26. The van der Waals surface area contributed by atoms with Crippen LogP contribution in [0, 0.1) is 15.2 Å². The lowest BCUT2D eigenvalue weighted by Crippen LogP contribution is -2.48. The predicted octanol–water partition coefficient (Wildman–Crippen LogP) is 4.00. The molecule has 7 nitrogen and oxygen atoms in total. The Morgan fingerprint density at radius 2 is 1.69 bits per heavy atom. The number of phenolic OH excluding ortho intramolecular Hbond substituents is 1. The predicted molar refractivity (Wildman–Crippen MR) is 151 cm³/mol. The summed E-state index contributed by atoms with van der Waals surface area (Å²) in [5, 5.41) is 27.2. The molecule has 0 radical (unpaired) electrons. The third-order valence-electron chi connectivity index (χ3n) is 6.61. The third-order valence-corrected chi connectivity index (χ3v) is 7.28. The molecular formula is C29H30F2IN3O4. The SMILES string of the molecule is O=C(N[C@@H](Cc1cc(F)cc(F)c1)[C@H](O)CNCc1cccc(I)c1)c1ccc(O)c(C(=O)N2CCCC2)c1. The van der Waals surface area contributed by atoms with E-state index in [2.05, 4.69) is 33.2 Å². The highest BCUT2D eigenvalue weighted by molar-refractivity contribution is 14.1. The third kappa shape index (κ3) is 7.96. The minimum atomic E-state index is -1.11. The van der Waals surface area contributed by atoms with Crippen molar-refractivity contribution in [1.29, 1.82) is 0 Å². The van der Waals surface area contributed by atoms with E-state index < -0.39 is 29.7 Å². The van der Waals surface area contributed by atoms with Crippen LogP contribution in [-0.2, 0) is 13.0 Å². The van der Waals surface area contributed by atoms with E-state index in [0.717, 1.165) is 40.2 Å². The monoisotopic (exact) mass is 649 g/mol. The van der Waals surface area contributed by atoms with Crippen molar-refractivity contribution >= 4 is 34.4 Å². The summed E-state index contributed by atoms with van der Waals surface area (Å²) >= 11 is 2.21. The molecular weight excluding hydrogens is 619 g/mol. The Balaban J connectivity index is 1.50.